The summed E-state index contributed by atoms with van der Waals surface area (Å²) in [4.78, 5) is 24.4. The molecule has 0 saturated carbocycles. The number of hydrogen-bond acceptors (Lipinski definition) is 4. The van der Waals surface area contributed by atoms with Gasteiger partial charge in [0.15, 0.2) is 0 Å². The molecule has 2 N–H and O–H groups in total. The number of nitrogens with zero attached hydrogens (tertiary/aromatic N) is 3. The smallest absolute Gasteiger partial charge is 0.327 e. The van der Waals surface area contributed by atoms with Gasteiger partial charge < -0.3 is 15.3 Å². The zero-order valence-corrected chi connectivity index (χ0v) is 13.0. The fourth-order valence-corrected chi connectivity index (χ4v) is 3.42. The van der Waals surface area contributed by atoms with Crippen molar-refractivity contribution in [2.24, 2.45) is 0 Å². The molecule has 1 unspecified atom stereocenters. The van der Waals surface area contributed by atoms with E-state index in [1.807, 2.05) is 24.6 Å². The van der Waals surface area contributed by atoms with Crippen molar-refractivity contribution in [3.05, 3.63) is 17.5 Å². The number of aliphatic carboxylic acids is 1. The van der Waals surface area contributed by atoms with Crippen LogP contribution in [0.4, 0.5) is 4.79 Å². The summed E-state index contributed by atoms with van der Waals surface area (Å²) >= 11 is 1.46. The third-order valence-electron chi connectivity index (χ3n) is 3.35. The Labute approximate surface area is 127 Å². The summed E-state index contributed by atoms with van der Waals surface area (Å²) in [6.45, 7) is 5.18. The van der Waals surface area contributed by atoms with E-state index in [-0.39, 0.29) is 6.03 Å². The molecule has 1 aromatic heterocycles. The number of urea groups is 1. The first-order valence-electron chi connectivity index (χ1n) is 6.85. The molecular weight excluding hydrogens is 292 g/mol. The number of aryl methyl sites for hydroxylation is 3. The molecule has 0 aromatic carbocycles. The van der Waals surface area contributed by atoms with Crippen LogP contribution in [-0.4, -0.2) is 56.0 Å². The number of carboxylic acid groups (broad SMARTS) is 1. The van der Waals surface area contributed by atoms with Crippen molar-refractivity contribution in [1.82, 2.24) is 20.0 Å². The predicted octanol–water partition coefficient (Wildman–Crippen LogP) is 1.06. The van der Waals surface area contributed by atoms with E-state index in [2.05, 4.69) is 10.4 Å². The van der Waals surface area contributed by atoms with Gasteiger partial charge in [-0.1, -0.05) is 0 Å². The number of carbonyl (C=O) groups excluding carboxylic acids is 1. The molecule has 7 nitrogen and oxygen atoms in total. The van der Waals surface area contributed by atoms with Crippen molar-refractivity contribution in [2.45, 2.75) is 32.9 Å². The van der Waals surface area contributed by atoms with Crippen molar-refractivity contribution in [2.75, 3.05) is 18.2 Å². The number of carbonyl (C=O) groups is 2. The van der Waals surface area contributed by atoms with Crippen molar-refractivity contribution in [3.8, 4) is 0 Å². The molecule has 2 heterocycles. The summed E-state index contributed by atoms with van der Waals surface area (Å²) in [7, 11) is 0. The van der Waals surface area contributed by atoms with Crippen LogP contribution in [0.15, 0.2) is 6.07 Å². The molecule has 1 atom stereocenters. The Balaban J connectivity index is 1.74. The van der Waals surface area contributed by atoms with Crippen LogP contribution in [0.1, 0.15) is 17.8 Å². The van der Waals surface area contributed by atoms with Crippen molar-refractivity contribution in [3.63, 3.8) is 0 Å². The van der Waals surface area contributed by atoms with Gasteiger partial charge in [-0.05, 0) is 26.3 Å². The molecule has 2 amide bonds. The summed E-state index contributed by atoms with van der Waals surface area (Å²) < 4.78 is 1.91. The average Bonchev–Trinajstić information content (AvgIpc) is 3.01. The highest BCUT2D eigenvalue weighted by Gasteiger charge is 2.34. The molecule has 0 aliphatic carbocycles. The second kappa shape index (κ2) is 6.84. The summed E-state index contributed by atoms with van der Waals surface area (Å²) in [5, 5.41) is 16.2. The van der Waals surface area contributed by atoms with Crippen molar-refractivity contribution >= 4 is 23.8 Å². The number of nitrogens with one attached hydrogen (secondary N) is 1. The average molecular weight is 312 g/mol. The van der Waals surface area contributed by atoms with E-state index in [0.29, 0.717) is 18.2 Å². The van der Waals surface area contributed by atoms with E-state index in [4.69, 9.17) is 5.11 Å². The van der Waals surface area contributed by atoms with Crippen LogP contribution in [0, 0.1) is 13.8 Å². The maximum absolute atomic E-state index is 12.0. The fourth-order valence-electron chi connectivity index (χ4n) is 2.27. The Morgan fingerprint density at radius 1 is 1.52 bits per heavy atom. The minimum absolute atomic E-state index is 0.305. The van der Waals surface area contributed by atoms with E-state index in [9.17, 15) is 9.59 Å². The highest BCUT2D eigenvalue weighted by atomic mass is 32.2. The normalized spacial score (nSPS) is 18.0. The zero-order valence-electron chi connectivity index (χ0n) is 12.2. The lowest BCUT2D eigenvalue weighted by Crippen LogP contribution is -2.47. The Morgan fingerprint density at radius 3 is 2.90 bits per heavy atom. The minimum atomic E-state index is -0.946. The first-order chi connectivity index (χ1) is 9.99. The molecule has 0 spiro atoms. The number of carboxylic acids is 1. The molecular formula is C13H20N4O3S. The largest absolute Gasteiger partial charge is 0.480 e. The quantitative estimate of drug-likeness (QED) is 0.794. The molecule has 2 rings (SSSR count). The SMILES string of the molecule is Cc1cc(C)n(CCCNC(=O)N2CSCC2C(=O)O)n1. The van der Waals surface area contributed by atoms with Gasteiger partial charge in [-0.2, -0.15) is 5.10 Å². The third-order valence-corrected chi connectivity index (χ3v) is 4.37. The van der Waals surface area contributed by atoms with Crippen LogP contribution in [0.3, 0.4) is 0 Å². The van der Waals surface area contributed by atoms with Crippen LogP contribution < -0.4 is 5.32 Å². The van der Waals surface area contributed by atoms with Gasteiger partial charge in [0.1, 0.15) is 6.04 Å². The van der Waals surface area contributed by atoms with E-state index in [1.165, 1.54) is 16.7 Å². The first kappa shape index (κ1) is 15.7. The zero-order chi connectivity index (χ0) is 15.4. The monoisotopic (exact) mass is 312 g/mol. The van der Waals surface area contributed by atoms with E-state index in [1.54, 1.807) is 0 Å². The van der Waals surface area contributed by atoms with Crippen LogP contribution in [0.2, 0.25) is 0 Å². The van der Waals surface area contributed by atoms with E-state index in [0.717, 1.165) is 24.4 Å². The lowest BCUT2D eigenvalue weighted by Gasteiger charge is -2.20. The molecule has 0 bridgehead atoms. The molecule has 8 heteroatoms. The number of aromatic nitrogens is 2. The van der Waals surface area contributed by atoms with Gasteiger partial charge in [-0.25, -0.2) is 9.59 Å². The molecule has 1 aliphatic heterocycles. The van der Waals surface area contributed by atoms with Gasteiger partial charge in [-0.15, -0.1) is 11.8 Å². The van der Waals surface area contributed by atoms with Crippen LogP contribution in [-0.2, 0) is 11.3 Å². The molecule has 21 heavy (non-hydrogen) atoms. The molecule has 1 aromatic rings. The van der Waals surface area contributed by atoms with Crippen molar-refractivity contribution < 1.29 is 14.7 Å². The highest BCUT2D eigenvalue weighted by molar-refractivity contribution is 7.99. The number of rotatable bonds is 5. The maximum atomic E-state index is 12.0. The van der Waals surface area contributed by atoms with E-state index < -0.39 is 12.0 Å². The van der Waals surface area contributed by atoms with E-state index >= 15 is 0 Å². The Hall–Kier alpha value is -1.70. The Bertz CT molecular complexity index is 531. The standard InChI is InChI=1S/C13H20N4O3S/c1-9-6-10(2)17(15-9)5-3-4-14-13(20)16-8-21-7-11(16)12(18)19/h6,11H,3-5,7-8H2,1-2H3,(H,14,20)(H,18,19). The second-order valence-electron chi connectivity index (χ2n) is 5.06. The van der Waals surface area contributed by atoms with Gasteiger partial charge in [0.2, 0.25) is 0 Å². The van der Waals surface area contributed by atoms with Crippen LogP contribution in [0.5, 0.6) is 0 Å². The molecule has 1 aliphatic rings. The van der Waals surface area contributed by atoms with Gasteiger partial charge in [0.25, 0.3) is 0 Å². The first-order valence-corrected chi connectivity index (χ1v) is 8.00. The summed E-state index contributed by atoms with van der Waals surface area (Å²) in [5.41, 5.74) is 2.08. The lowest BCUT2D eigenvalue weighted by molar-refractivity contribution is -0.140. The molecule has 1 fully saturated rings. The van der Waals surface area contributed by atoms with Gasteiger partial charge in [0.05, 0.1) is 11.6 Å². The summed E-state index contributed by atoms with van der Waals surface area (Å²) in [6.07, 6.45) is 0.756. The molecule has 116 valence electrons. The van der Waals surface area contributed by atoms with Crippen LogP contribution in [0.25, 0.3) is 0 Å². The molecule has 1 saturated heterocycles. The lowest BCUT2D eigenvalue weighted by atomic mass is 10.3. The third kappa shape index (κ3) is 3.90. The van der Waals surface area contributed by atoms with Gasteiger partial charge >= 0.3 is 12.0 Å². The van der Waals surface area contributed by atoms with Crippen LogP contribution >= 0.6 is 11.8 Å². The van der Waals surface area contributed by atoms with Gasteiger partial charge in [-0.3, -0.25) is 4.68 Å². The molecule has 0 radical (unpaired) electrons. The van der Waals surface area contributed by atoms with Gasteiger partial charge in [0, 0.05) is 24.5 Å². The van der Waals surface area contributed by atoms with Crippen molar-refractivity contribution in [1.29, 1.82) is 0 Å². The maximum Gasteiger partial charge on any atom is 0.327 e. The Morgan fingerprint density at radius 2 is 2.29 bits per heavy atom. The number of thioether (sulfide) groups is 1. The topological polar surface area (TPSA) is 87.5 Å². The fraction of sp³-hybridized carbons (Fsp3) is 0.615. The predicted molar refractivity (Wildman–Crippen MR) is 80.3 cm³/mol. The summed E-state index contributed by atoms with van der Waals surface area (Å²) in [6, 6.07) is 0.990. The minimum Gasteiger partial charge on any atom is -0.480 e. The number of hydrogen-bond donors (Lipinski definition) is 2. The second-order valence-corrected chi connectivity index (χ2v) is 6.06. The highest BCUT2D eigenvalue weighted by Crippen LogP contribution is 2.20. The Kier molecular flexibility index (Phi) is 5.11. The summed E-state index contributed by atoms with van der Waals surface area (Å²) in [5.74, 6) is -0.0628. The number of amides is 2.